The van der Waals surface area contributed by atoms with Gasteiger partial charge in [-0.25, -0.2) is 0 Å². The van der Waals surface area contributed by atoms with Crippen LogP contribution < -0.4 is 10.1 Å². The van der Waals surface area contributed by atoms with Gasteiger partial charge in [-0.3, -0.25) is 24.7 Å². The van der Waals surface area contributed by atoms with Crippen molar-refractivity contribution < 1.29 is 23.9 Å². The number of hydrogen-bond donors (Lipinski definition) is 1. The molecule has 1 aromatic carbocycles. The number of nitrogens with zero attached hydrogens (tertiary/aromatic N) is 1. The van der Waals surface area contributed by atoms with E-state index in [4.69, 9.17) is 9.47 Å². The summed E-state index contributed by atoms with van der Waals surface area (Å²) in [5.74, 6) is -0.147. The van der Waals surface area contributed by atoms with E-state index in [0.29, 0.717) is 12.2 Å². The van der Waals surface area contributed by atoms with Crippen molar-refractivity contribution >= 4 is 28.9 Å². The third kappa shape index (κ3) is 5.82. The average Bonchev–Trinajstić information content (AvgIpc) is 3.08. The van der Waals surface area contributed by atoms with Gasteiger partial charge in [0.2, 0.25) is 5.91 Å². The van der Waals surface area contributed by atoms with Crippen molar-refractivity contribution in [2.45, 2.75) is 37.4 Å². The summed E-state index contributed by atoms with van der Waals surface area (Å²) in [5.41, 5.74) is 2.85. The first-order valence-electron chi connectivity index (χ1n) is 9.73. The third-order valence-corrected chi connectivity index (χ3v) is 5.86. The van der Waals surface area contributed by atoms with E-state index in [-0.39, 0.29) is 36.1 Å². The van der Waals surface area contributed by atoms with E-state index in [1.807, 2.05) is 42.6 Å². The number of thioether (sulfide) groups is 1. The number of carbonyl (C=O) groups is 3. The van der Waals surface area contributed by atoms with E-state index < -0.39 is 5.25 Å². The van der Waals surface area contributed by atoms with Gasteiger partial charge < -0.3 is 9.47 Å². The fourth-order valence-corrected chi connectivity index (χ4v) is 3.94. The lowest BCUT2D eigenvalue weighted by Gasteiger charge is -2.17. The number of rotatable bonds is 9. The molecule has 2 heterocycles. The molecule has 1 aromatic heterocycles. The lowest BCUT2D eigenvalue weighted by molar-refractivity contribution is -0.141. The van der Waals surface area contributed by atoms with Crippen molar-refractivity contribution in [3.8, 4) is 5.75 Å². The minimum absolute atomic E-state index is 0.176. The van der Waals surface area contributed by atoms with Crippen LogP contribution in [0.15, 0.2) is 42.6 Å². The number of amides is 2. The Balaban J connectivity index is 1.62. The molecule has 1 fully saturated rings. The Labute approximate surface area is 179 Å². The Morgan fingerprint density at radius 3 is 2.47 bits per heavy atom. The molecule has 2 atom stereocenters. The Kier molecular flexibility index (Phi) is 7.46. The molecular weight excluding hydrogens is 404 g/mol. The summed E-state index contributed by atoms with van der Waals surface area (Å²) in [7, 11) is 1.36. The van der Waals surface area contributed by atoms with E-state index >= 15 is 0 Å². The van der Waals surface area contributed by atoms with Crippen molar-refractivity contribution in [3.63, 3.8) is 0 Å². The number of carbonyl (C=O) groups excluding carboxylic acids is 3. The van der Waals surface area contributed by atoms with Crippen molar-refractivity contribution in [2.24, 2.45) is 0 Å². The van der Waals surface area contributed by atoms with Gasteiger partial charge in [-0.2, -0.15) is 0 Å². The van der Waals surface area contributed by atoms with E-state index in [9.17, 15) is 14.4 Å². The Bertz CT molecular complexity index is 899. The maximum Gasteiger partial charge on any atom is 0.306 e. The van der Waals surface area contributed by atoms with Gasteiger partial charge in [-0.05, 0) is 42.2 Å². The average molecular weight is 429 g/mol. The molecule has 7 nitrogen and oxygen atoms in total. The minimum Gasteiger partial charge on any atom is -0.493 e. The molecule has 1 N–H and O–H groups in total. The van der Waals surface area contributed by atoms with Crippen LogP contribution in [0.3, 0.4) is 0 Å². The fourth-order valence-electron chi connectivity index (χ4n) is 3.08. The second kappa shape index (κ2) is 10.2. The van der Waals surface area contributed by atoms with Crippen LogP contribution in [0.5, 0.6) is 5.75 Å². The predicted octanol–water partition coefficient (Wildman–Crippen LogP) is 3.26. The number of aromatic nitrogens is 1. The number of esters is 1. The molecule has 0 aliphatic carbocycles. The molecule has 30 heavy (non-hydrogen) atoms. The van der Waals surface area contributed by atoms with Gasteiger partial charge in [-0.1, -0.05) is 36.9 Å². The van der Waals surface area contributed by atoms with Crippen LogP contribution in [0.25, 0.3) is 0 Å². The topological polar surface area (TPSA) is 94.6 Å². The Morgan fingerprint density at radius 1 is 1.17 bits per heavy atom. The highest BCUT2D eigenvalue weighted by Gasteiger charge is 2.31. The van der Waals surface area contributed by atoms with Crippen LogP contribution in [-0.2, 0) is 27.2 Å². The number of ether oxygens (including phenoxy) is 2. The van der Waals surface area contributed by atoms with Gasteiger partial charge in [0.25, 0.3) is 5.24 Å². The van der Waals surface area contributed by atoms with Gasteiger partial charge in [0.15, 0.2) is 0 Å². The van der Waals surface area contributed by atoms with Gasteiger partial charge >= 0.3 is 5.97 Å². The quantitative estimate of drug-likeness (QED) is 0.613. The molecular formula is C22H24N2O5S. The Hall–Kier alpha value is -2.87. The van der Waals surface area contributed by atoms with Crippen molar-refractivity contribution in [1.82, 2.24) is 10.3 Å². The fraction of sp³-hybridized carbons (Fsp3) is 0.364. The number of imide groups is 1. The molecule has 1 aliphatic heterocycles. The van der Waals surface area contributed by atoms with Gasteiger partial charge in [-0.15, -0.1) is 0 Å². The number of methoxy groups -OCH3 is 1. The molecule has 3 rings (SSSR count). The van der Waals surface area contributed by atoms with Gasteiger partial charge in [0.1, 0.15) is 5.75 Å². The standard InChI is InChI=1S/C22H24N2O5S/c1-3-14-6-9-18(23-12-14)16(11-20(25)28-2)13-29-17-7-4-15(5-8-17)10-19-21(26)24-22(27)30-19/h4-9,12,16,19H,3,10-11,13H2,1-2H3,(H,24,26,27). The monoisotopic (exact) mass is 428 g/mol. The van der Waals surface area contributed by atoms with Crippen LogP contribution in [0, 0.1) is 0 Å². The summed E-state index contributed by atoms with van der Waals surface area (Å²) < 4.78 is 10.7. The maximum absolute atomic E-state index is 11.8. The molecule has 0 spiro atoms. The molecule has 1 aliphatic rings. The molecule has 2 amide bonds. The Morgan fingerprint density at radius 2 is 1.90 bits per heavy atom. The van der Waals surface area contributed by atoms with Crippen LogP contribution in [0.1, 0.15) is 36.1 Å². The van der Waals surface area contributed by atoms with Crippen molar-refractivity contribution in [2.75, 3.05) is 13.7 Å². The second-order valence-corrected chi connectivity index (χ2v) is 8.14. The number of benzene rings is 1. The second-order valence-electron chi connectivity index (χ2n) is 6.96. The summed E-state index contributed by atoms with van der Waals surface area (Å²) in [5, 5.41) is 1.59. The van der Waals surface area contributed by atoms with Crippen molar-refractivity contribution in [1.29, 1.82) is 0 Å². The maximum atomic E-state index is 11.8. The molecule has 0 saturated carbocycles. The van der Waals surface area contributed by atoms with E-state index in [2.05, 4.69) is 17.2 Å². The highest BCUT2D eigenvalue weighted by Crippen LogP contribution is 2.25. The first kappa shape index (κ1) is 21.8. The SMILES string of the molecule is CCc1ccc(C(COc2ccc(CC3SC(=O)NC3=O)cc2)CC(=O)OC)nc1. The van der Waals surface area contributed by atoms with Crippen LogP contribution >= 0.6 is 11.8 Å². The first-order valence-corrected chi connectivity index (χ1v) is 10.6. The summed E-state index contributed by atoms with van der Waals surface area (Å²) >= 11 is 1.01. The van der Waals surface area contributed by atoms with Gasteiger partial charge in [0.05, 0.1) is 25.4 Å². The van der Waals surface area contributed by atoms with Gasteiger partial charge in [0, 0.05) is 17.8 Å². The van der Waals surface area contributed by atoms with Crippen molar-refractivity contribution in [3.05, 3.63) is 59.4 Å². The molecule has 158 valence electrons. The third-order valence-electron chi connectivity index (χ3n) is 4.88. The zero-order valence-electron chi connectivity index (χ0n) is 16.9. The molecule has 0 bridgehead atoms. The molecule has 2 aromatic rings. The highest BCUT2D eigenvalue weighted by molar-refractivity contribution is 8.15. The summed E-state index contributed by atoms with van der Waals surface area (Å²) in [6.45, 7) is 2.34. The molecule has 1 saturated heterocycles. The molecule has 8 heteroatoms. The molecule has 2 unspecified atom stereocenters. The zero-order chi connectivity index (χ0) is 21.5. The van der Waals surface area contributed by atoms with Crippen LogP contribution in [0.2, 0.25) is 0 Å². The van der Waals surface area contributed by atoms with Crippen LogP contribution in [0.4, 0.5) is 4.79 Å². The number of pyridine rings is 1. The highest BCUT2D eigenvalue weighted by atomic mass is 32.2. The van der Waals surface area contributed by atoms with E-state index in [0.717, 1.165) is 35.0 Å². The zero-order valence-corrected chi connectivity index (χ0v) is 17.7. The lowest BCUT2D eigenvalue weighted by atomic mass is 10.0. The molecule has 0 radical (unpaired) electrons. The smallest absolute Gasteiger partial charge is 0.306 e. The summed E-state index contributed by atoms with van der Waals surface area (Å²) in [6, 6.07) is 11.3. The number of aryl methyl sites for hydroxylation is 1. The minimum atomic E-state index is -0.397. The lowest BCUT2D eigenvalue weighted by Crippen LogP contribution is -2.25. The predicted molar refractivity (Wildman–Crippen MR) is 114 cm³/mol. The largest absolute Gasteiger partial charge is 0.493 e. The summed E-state index contributed by atoms with van der Waals surface area (Å²) in [6.07, 6.45) is 3.36. The normalized spacial score (nSPS) is 16.8. The first-order chi connectivity index (χ1) is 14.5. The van der Waals surface area contributed by atoms with Crippen LogP contribution in [-0.4, -0.2) is 41.1 Å². The summed E-state index contributed by atoms with van der Waals surface area (Å²) in [4.78, 5) is 39.3. The number of nitrogens with one attached hydrogen (secondary N) is 1. The van der Waals surface area contributed by atoms with E-state index in [1.54, 1.807) is 0 Å². The number of hydrogen-bond acceptors (Lipinski definition) is 7. The van der Waals surface area contributed by atoms with E-state index in [1.165, 1.54) is 7.11 Å².